The molecule has 1 aliphatic carbocycles. The number of halogens is 1. The Morgan fingerprint density at radius 2 is 2.24 bits per heavy atom. The molecule has 1 aliphatic rings. The maximum Gasteiger partial charge on any atom is 0.335 e. The zero-order valence-corrected chi connectivity index (χ0v) is 14.2. The van der Waals surface area contributed by atoms with Gasteiger partial charge in [-0.05, 0) is 31.0 Å². The van der Waals surface area contributed by atoms with E-state index in [1.54, 1.807) is 12.1 Å². The van der Waals surface area contributed by atoms with Crippen molar-refractivity contribution in [3.05, 3.63) is 33.8 Å². The van der Waals surface area contributed by atoms with Gasteiger partial charge in [-0.15, -0.1) is 0 Å². The summed E-state index contributed by atoms with van der Waals surface area (Å²) in [6.45, 7) is 7.93. The quantitative estimate of drug-likeness (QED) is 0.820. The number of ether oxygens (including phenoxy) is 1. The average Bonchev–Trinajstić information content (AvgIpc) is 2.43. The SMILES string of the molecule is CCOC1CC(NCc2ccc(C(=O)O)cc2Br)C1(C)C. The van der Waals surface area contributed by atoms with Gasteiger partial charge in [0.1, 0.15) is 0 Å². The van der Waals surface area contributed by atoms with E-state index in [0.717, 1.165) is 23.1 Å². The monoisotopic (exact) mass is 355 g/mol. The molecule has 2 N–H and O–H groups in total. The van der Waals surface area contributed by atoms with Crippen molar-refractivity contribution in [3.63, 3.8) is 0 Å². The second kappa shape index (κ2) is 6.46. The van der Waals surface area contributed by atoms with Gasteiger partial charge in [-0.25, -0.2) is 4.79 Å². The lowest BCUT2D eigenvalue weighted by Crippen LogP contribution is -2.60. The lowest BCUT2D eigenvalue weighted by atomic mass is 9.64. The van der Waals surface area contributed by atoms with E-state index in [1.165, 1.54) is 0 Å². The molecule has 1 saturated carbocycles. The van der Waals surface area contributed by atoms with Gasteiger partial charge in [-0.3, -0.25) is 0 Å². The molecule has 0 bridgehead atoms. The van der Waals surface area contributed by atoms with Crippen LogP contribution in [-0.4, -0.2) is 29.8 Å². The average molecular weight is 356 g/mol. The molecule has 0 amide bonds. The number of hydrogen-bond donors (Lipinski definition) is 2. The van der Waals surface area contributed by atoms with Crippen LogP contribution in [0, 0.1) is 5.41 Å². The smallest absolute Gasteiger partial charge is 0.335 e. The molecule has 0 radical (unpaired) electrons. The van der Waals surface area contributed by atoms with E-state index in [9.17, 15) is 4.79 Å². The van der Waals surface area contributed by atoms with Crippen LogP contribution in [0.5, 0.6) is 0 Å². The summed E-state index contributed by atoms with van der Waals surface area (Å²) >= 11 is 3.44. The Balaban J connectivity index is 1.94. The van der Waals surface area contributed by atoms with Gasteiger partial charge >= 0.3 is 5.97 Å². The van der Waals surface area contributed by atoms with Gasteiger partial charge in [0, 0.05) is 29.1 Å². The minimum atomic E-state index is -0.908. The van der Waals surface area contributed by atoms with E-state index in [4.69, 9.17) is 9.84 Å². The Kier molecular flexibility index (Phi) is 5.07. The zero-order chi connectivity index (χ0) is 15.6. The molecular weight excluding hydrogens is 334 g/mol. The predicted molar refractivity (Wildman–Crippen MR) is 85.5 cm³/mol. The van der Waals surface area contributed by atoms with Crippen LogP contribution in [0.4, 0.5) is 0 Å². The Labute approximate surface area is 134 Å². The van der Waals surface area contributed by atoms with E-state index in [1.807, 2.05) is 13.0 Å². The second-order valence-electron chi connectivity index (χ2n) is 6.05. The Morgan fingerprint density at radius 3 is 2.76 bits per heavy atom. The minimum absolute atomic E-state index is 0.128. The molecule has 0 saturated heterocycles. The molecule has 2 rings (SSSR count). The highest BCUT2D eigenvalue weighted by Gasteiger charge is 2.48. The molecule has 1 aromatic carbocycles. The molecule has 4 nitrogen and oxygen atoms in total. The van der Waals surface area contributed by atoms with Crippen molar-refractivity contribution < 1.29 is 14.6 Å². The lowest BCUT2D eigenvalue weighted by molar-refractivity contribution is -0.114. The van der Waals surface area contributed by atoms with Crippen molar-refractivity contribution in [1.29, 1.82) is 0 Å². The normalized spacial score (nSPS) is 23.6. The molecule has 0 aromatic heterocycles. The predicted octanol–water partition coefficient (Wildman–Crippen LogP) is 3.44. The van der Waals surface area contributed by atoms with Crippen LogP contribution in [-0.2, 0) is 11.3 Å². The maximum absolute atomic E-state index is 10.9. The molecule has 2 unspecified atom stereocenters. The summed E-state index contributed by atoms with van der Waals surface area (Å²) < 4.78 is 6.55. The van der Waals surface area contributed by atoms with Gasteiger partial charge in [0.2, 0.25) is 0 Å². The van der Waals surface area contributed by atoms with Crippen LogP contribution in [0.2, 0.25) is 0 Å². The third-order valence-corrected chi connectivity index (χ3v) is 5.12. The van der Waals surface area contributed by atoms with E-state index in [-0.39, 0.29) is 5.41 Å². The highest BCUT2D eigenvalue weighted by atomic mass is 79.9. The summed E-state index contributed by atoms with van der Waals surface area (Å²) in [6, 6.07) is 5.56. The van der Waals surface area contributed by atoms with Gasteiger partial charge in [-0.1, -0.05) is 35.8 Å². The zero-order valence-electron chi connectivity index (χ0n) is 12.6. The number of rotatable bonds is 6. The highest BCUT2D eigenvalue weighted by molar-refractivity contribution is 9.10. The standard InChI is InChI=1S/C16H22BrNO3/c1-4-21-14-8-13(16(14,2)3)18-9-11-6-5-10(15(19)20)7-12(11)17/h5-7,13-14,18H,4,8-9H2,1-3H3,(H,19,20). The highest BCUT2D eigenvalue weighted by Crippen LogP contribution is 2.42. The van der Waals surface area contributed by atoms with Crippen molar-refractivity contribution in [3.8, 4) is 0 Å². The first-order valence-corrected chi connectivity index (χ1v) is 8.02. The van der Waals surface area contributed by atoms with Crippen molar-refractivity contribution in [1.82, 2.24) is 5.32 Å². The molecule has 21 heavy (non-hydrogen) atoms. The van der Waals surface area contributed by atoms with Crippen LogP contribution in [0.1, 0.15) is 43.1 Å². The third-order valence-electron chi connectivity index (χ3n) is 4.38. The second-order valence-corrected chi connectivity index (χ2v) is 6.90. The number of carboxylic acids is 1. The van der Waals surface area contributed by atoms with Gasteiger partial charge < -0.3 is 15.2 Å². The molecule has 2 atom stereocenters. The number of carbonyl (C=O) groups is 1. The minimum Gasteiger partial charge on any atom is -0.478 e. The van der Waals surface area contributed by atoms with Crippen molar-refractivity contribution in [2.45, 2.75) is 45.9 Å². The Morgan fingerprint density at radius 1 is 1.52 bits per heavy atom. The summed E-state index contributed by atoms with van der Waals surface area (Å²) in [5.74, 6) is -0.908. The summed E-state index contributed by atoms with van der Waals surface area (Å²) in [5, 5.41) is 12.5. The van der Waals surface area contributed by atoms with Gasteiger partial charge in [0.25, 0.3) is 0 Å². The van der Waals surface area contributed by atoms with Crippen LogP contribution in [0.3, 0.4) is 0 Å². The topological polar surface area (TPSA) is 58.6 Å². The number of benzene rings is 1. The fraction of sp³-hybridized carbons (Fsp3) is 0.562. The van der Waals surface area contributed by atoms with Crippen LogP contribution in [0.25, 0.3) is 0 Å². The molecule has 0 spiro atoms. The first-order chi connectivity index (χ1) is 9.86. The first kappa shape index (κ1) is 16.5. The summed E-state index contributed by atoms with van der Waals surface area (Å²) in [5.41, 5.74) is 1.49. The number of hydrogen-bond acceptors (Lipinski definition) is 3. The van der Waals surface area contributed by atoms with Gasteiger partial charge in [-0.2, -0.15) is 0 Å². The number of nitrogens with one attached hydrogen (secondary N) is 1. The van der Waals surface area contributed by atoms with E-state index in [2.05, 4.69) is 35.1 Å². The van der Waals surface area contributed by atoms with Crippen molar-refractivity contribution in [2.24, 2.45) is 5.41 Å². The fourth-order valence-corrected chi connectivity index (χ4v) is 3.29. The Bertz CT molecular complexity index is 530. The third kappa shape index (κ3) is 3.47. The van der Waals surface area contributed by atoms with E-state index in [0.29, 0.717) is 24.3 Å². The molecule has 5 heteroatoms. The summed E-state index contributed by atoms with van der Waals surface area (Å²) in [6.07, 6.45) is 1.34. The largest absolute Gasteiger partial charge is 0.478 e. The maximum atomic E-state index is 10.9. The fourth-order valence-electron chi connectivity index (χ4n) is 2.77. The van der Waals surface area contributed by atoms with Crippen LogP contribution in [0.15, 0.2) is 22.7 Å². The molecule has 1 fully saturated rings. The Hall–Kier alpha value is -0.910. The van der Waals surface area contributed by atoms with Gasteiger partial charge in [0.15, 0.2) is 0 Å². The summed E-state index contributed by atoms with van der Waals surface area (Å²) in [4.78, 5) is 10.9. The lowest BCUT2D eigenvalue weighted by Gasteiger charge is -2.52. The van der Waals surface area contributed by atoms with Crippen molar-refractivity contribution >= 4 is 21.9 Å². The van der Waals surface area contributed by atoms with Crippen molar-refractivity contribution in [2.75, 3.05) is 6.61 Å². The molecule has 1 aromatic rings. The molecule has 0 aliphatic heterocycles. The molecular formula is C16H22BrNO3. The van der Waals surface area contributed by atoms with E-state index >= 15 is 0 Å². The summed E-state index contributed by atoms with van der Waals surface area (Å²) in [7, 11) is 0. The molecule has 0 heterocycles. The first-order valence-electron chi connectivity index (χ1n) is 7.23. The number of aromatic carboxylic acids is 1. The number of carboxylic acid groups (broad SMARTS) is 1. The van der Waals surface area contributed by atoms with E-state index < -0.39 is 5.97 Å². The van der Waals surface area contributed by atoms with Crippen LogP contribution >= 0.6 is 15.9 Å². The van der Waals surface area contributed by atoms with Gasteiger partial charge in [0.05, 0.1) is 11.7 Å². The molecule has 116 valence electrons. The van der Waals surface area contributed by atoms with Crippen LogP contribution < -0.4 is 5.32 Å².